The van der Waals surface area contributed by atoms with Gasteiger partial charge in [0, 0.05) is 31.7 Å². The maximum Gasteiger partial charge on any atom is 0.266 e. The molecule has 0 fully saturated rings. The van der Waals surface area contributed by atoms with Gasteiger partial charge in [0.1, 0.15) is 23.2 Å². The first-order valence-corrected chi connectivity index (χ1v) is 9.44. The molecule has 2 aromatic heterocycles. The molecular weight excluding hydrogens is 379 g/mol. The number of nitrogens with one attached hydrogen (secondary N) is 1. The number of hydrogen-bond donors (Lipinski definition) is 1. The topological polar surface area (TPSA) is 99.2 Å². The molecule has 0 radical (unpaired) electrons. The number of hydrogen-bond acceptors (Lipinski definition) is 6. The van der Waals surface area contributed by atoms with Gasteiger partial charge in [0.25, 0.3) is 11.3 Å². The van der Waals surface area contributed by atoms with E-state index in [4.69, 9.17) is 9.26 Å². The molecule has 0 saturated carbocycles. The number of halogens is 1. The number of amides is 1. The number of benzene rings is 1. The molecule has 0 saturated heterocycles. The Morgan fingerprint density at radius 3 is 2.79 bits per heavy atom. The highest BCUT2D eigenvalue weighted by Gasteiger charge is 2.17. The Hall–Kier alpha value is -3.07. The molecular formula is C20H23FN4O4. The fourth-order valence-electron chi connectivity index (χ4n) is 2.77. The minimum absolute atomic E-state index is 0.0974. The smallest absolute Gasteiger partial charge is 0.266 e. The first-order chi connectivity index (χ1) is 14.0. The van der Waals surface area contributed by atoms with Crippen LogP contribution in [0.1, 0.15) is 26.7 Å². The monoisotopic (exact) mass is 402 g/mol. The third kappa shape index (κ3) is 5.26. The van der Waals surface area contributed by atoms with Crippen LogP contribution in [0.5, 0.6) is 0 Å². The van der Waals surface area contributed by atoms with Gasteiger partial charge < -0.3 is 14.6 Å². The highest BCUT2D eigenvalue weighted by Crippen LogP contribution is 2.24. The molecule has 0 aliphatic carbocycles. The number of ether oxygens (including phenoxy) is 1. The fraction of sp³-hybridized carbons (Fsp3) is 0.400. The lowest BCUT2D eigenvalue weighted by molar-refractivity contribution is -0.121. The van der Waals surface area contributed by atoms with Gasteiger partial charge >= 0.3 is 0 Å². The largest absolute Gasteiger partial charge is 0.379 e. The van der Waals surface area contributed by atoms with Crippen molar-refractivity contribution < 1.29 is 18.4 Å². The Morgan fingerprint density at radius 1 is 1.31 bits per heavy atom. The predicted molar refractivity (Wildman–Crippen MR) is 105 cm³/mol. The molecule has 3 rings (SSSR count). The summed E-state index contributed by atoms with van der Waals surface area (Å²) in [4.78, 5) is 28.9. The van der Waals surface area contributed by atoms with Gasteiger partial charge in [0.05, 0.1) is 6.10 Å². The average Bonchev–Trinajstić information content (AvgIpc) is 3.12. The van der Waals surface area contributed by atoms with Crippen LogP contribution in [0.2, 0.25) is 0 Å². The van der Waals surface area contributed by atoms with E-state index in [1.807, 2.05) is 13.8 Å². The lowest BCUT2D eigenvalue weighted by Gasteiger charge is -2.09. The van der Waals surface area contributed by atoms with Crippen molar-refractivity contribution in [2.75, 3.05) is 13.2 Å². The number of carbonyl (C=O) groups excluding carboxylic acids is 1. The van der Waals surface area contributed by atoms with E-state index in [9.17, 15) is 14.0 Å². The molecule has 1 aromatic carbocycles. The highest BCUT2D eigenvalue weighted by atomic mass is 19.1. The summed E-state index contributed by atoms with van der Waals surface area (Å²) in [6.07, 6.45) is 2.35. The summed E-state index contributed by atoms with van der Waals surface area (Å²) in [6, 6.07) is 5.59. The van der Waals surface area contributed by atoms with Gasteiger partial charge in [-0.25, -0.2) is 9.37 Å². The second-order valence-electron chi connectivity index (χ2n) is 6.83. The molecule has 2 heterocycles. The van der Waals surface area contributed by atoms with Crippen LogP contribution in [0.3, 0.4) is 0 Å². The van der Waals surface area contributed by atoms with Gasteiger partial charge in [-0.2, -0.15) is 0 Å². The van der Waals surface area contributed by atoms with E-state index in [-0.39, 0.29) is 47.5 Å². The number of carbonyl (C=O) groups is 1. The van der Waals surface area contributed by atoms with E-state index in [2.05, 4.69) is 15.5 Å². The molecule has 8 nitrogen and oxygen atoms in total. The molecule has 9 heteroatoms. The molecule has 0 unspecified atom stereocenters. The van der Waals surface area contributed by atoms with Crippen molar-refractivity contribution in [2.45, 2.75) is 39.3 Å². The molecule has 0 aliphatic rings. The summed E-state index contributed by atoms with van der Waals surface area (Å²) in [5.74, 6) is -0.551. The normalized spacial score (nSPS) is 11.3. The van der Waals surface area contributed by atoms with E-state index >= 15 is 0 Å². The summed E-state index contributed by atoms with van der Waals surface area (Å²) in [5.41, 5.74) is 0.568. The maximum atomic E-state index is 13.2. The number of aryl methyl sites for hydroxylation is 1. The second kappa shape index (κ2) is 9.42. The van der Waals surface area contributed by atoms with Crippen molar-refractivity contribution in [1.29, 1.82) is 0 Å². The minimum Gasteiger partial charge on any atom is -0.379 e. The molecule has 0 bridgehead atoms. The number of aromatic nitrogens is 3. The molecule has 0 spiro atoms. The Morgan fingerprint density at radius 2 is 2.07 bits per heavy atom. The van der Waals surface area contributed by atoms with Gasteiger partial charge in [0.15, 0.2) is 0 Å². The SMILES string of the molecule is CC(C)OCCCNC(=O)CCn1cnc2onc(-c3ccc(F)cc3)c2c1=O. The lowest BCUT2D eigenvalue weighted by Crippen LogP contribution is -2.28. The van der Waals surface area contributed by atoms with Gasteiger partial charge in [-0.15, -0.1) is 0 Å². The summed E-state index contributed by atoms with van der Waals surface area (Å²) < 4.78 is 25.0. The van der Waals surface area contributed by atoms with Crippen LogP contribution < -0.4 is 10.9 Å². The Labute approximate surface area is 166 Å². The zero-order valence-corrected chi connectivity index (χ0v) is 16.4. The minimum atomic E-state index is -0.390. The van der Waals surface area contributed by atoms with Crippen molar-refractivity contribution >= 4 is 17.0 Å². The first kappa shape index (κ1) is 20.7. The Balaban J connectivity index is 1.65. The Kier molecular flexibility index (Phi) is 6.71. The molecule has 0 atom stereocenters. The molecule has 154 valence electrons. The lowest BCUT2D eigenvalue weighted by atomic mass is 10.1. The van der Waals surface area contributed by atoms with E-state index in [1.165, 1.54) is 35.2 Å². The highest BCUT2D eigenvalue weighted by molar-refractivity contribution is 5.88. The summed E-state index contributed by atoms with van der Waals surface area (Å²) >= 11 is 0. The number of fused-ring (bicyclic) bond motifs is 1. The first-order valence-electron chi connectivity index (χ1n) is 9.44. The third-order valence-electron chi connectivity index (χ3n) is 4.26. The van der Waals surface area contributed by atoms with Gasteiger partial charge in [-0.05, 0) is 44.5 Å². The van der Waals surface area contributed by atoms with E-state index in [0.717, 1.165) is 6.42 Å². The summed E-state index contributed by atoms with van der Waals surface area (Å²) in [7, 11) is 0. The van der Waals surface area contributed by atoms with Crippen LogP contribution in [0, 0.1) is 5.82 Å². The zero-order valence-electron chi connectivity index (χ0n) is 16.4. The summed E-state index contributed by atoms with van der Waals surface area (Å²) in [5, 5.41) is 6.90. The standard InChI is InChI=1S/C20H23FN4O4/c1-13(2)28-11-3-9-22-16(26)8-10-25-12-23-19-17(20(25)27)18(24-29-19)14-4-6-15(21)7-5-14/h4-7,12-13H,3,8-11H2,1-2H3,(H,22,26). The number of rotatable bonds is 9. The molecule has 3 aromatic rings. The van der Waals surface area contributed by atoms with Crippen molar-refractivity contribution in [3.63, 3.8) is 0 Å². The molecule has 1 N–H and O–H groups in total. The van der Waals surface area contributed by atoms with E-state index in [1.54, 1.807) is 0 Å². The van der Waals surface area contributed by atoms with Crippen LogP contribution >= 0.6 is 0 Å². The second-order valence-corrected chi connectivity index (χ2v) is 6.83. The summed E-state index contributed by atoms with van der Waals surface area (Å²) in [6.45, 7) is 5.18. The van der Waals surface area contributed by atoms with Crippen LogP contribution in [0.15, 0.2) is 39.9 Å². The quantitative estimate of drug-likeness (QED) is 0.552. The van der Waals surface area contributed by atoms with E-state index < -0.39 is 0 Å². The van der Waals surface area contributed by atoms with Gasteiger partial charge in [0.2, 0.25) is 5.91 Å². The van der Waals surface area contributed by atoms with Crippen molar-refractivity contribution in [2.24, 2.45) is 0 Å². The van der Waals surface area contributed by atoms with Crippen LogP contribution in [-0.4, -0.2) is 39.9 Å². The van der Waals surface area contributed by atoms with Crippen molar-refractivity contribution in [1.82, 2.24) is 20.0 Å². The molecule has 29 heavy (non-hydrogen) atoms. The molecule has 0 aliphatic heterocycles. The van der Waals surface area contributed by atoms with Crippen LogP contribution in [-0.2, 0) is 16.1 Å². The van der Waals surface area contributed by atoms with Crippen LogP contribution in [0.4, 0.5) is 4.39 Å². The van der Waals surface area contributed by atoms with Gasteiger partial charge in [-0.1, -0.05) is 5.16 Å². The average molecular weight is 402 g/mol. The fourth-order valence-corrected chi connectivity index (χ4v) is 2.77. The van der Waals surface area contributed by atoms with Crippen molar-refractivity contribution in [3.8, 4) is 11.3 Å². The van der Waals surface area contributed by atoms with Crippen LogP contribution in [0.25, 0.3) is 22.4 Å². The third-order valence-corrected chi connectivity index (χ3v) is 4.26. The Bertz CT molecular complexity index is 1030. The van der Waals surface area contributed by atoms with E-state index in [0.29, 0.717) is 24.4 Å². The van der Waals surface area contributed by atoms with Gasteiger partial charge in [-0.3, -0.25) is 14.2 Å². The maximum absolute atomic E-state index is 13.2. The zero-order chi connectivity index (χ0) is 20.8. The molecule has 1 amide bonds. The van der Waals surface area contributed by atoms with Crippen molar-refractivity contribution in [3.05, 3.63) is 46.8 Å². The predicted octanol–water partition coefficient (Wildman–Crippen LogP) is 2.51. The number of nitrogens with zero attached hydrogens (tertiary/aromatic N) is 3.